The third-order valence-electron chi connectivity index (χ3n) is 3.10. The van der Waals surface area contributed by atoms with Crippen LogP contribution in [-0.2, 0) is 26.2 Å². The van der Waals surface area contributed by atoms with Crippen molar-refractivity contribution in [1.82, 2.24) is 0 Å². The van der Waals surface area contributed by atoms with Crippen molar-refractivity contribution in [2.75, 3.05) is 0 Å². The van der Waals surface area contributed by atoms with Crippen LogP contribution in [0.5, 0.6) is 0 Å². The maximum atomic E-state index is 3.49. The second kappa shape index (κ2) is 12.0. The molecule has 0 nitrogen and oxygen atoms in total. The molecule has 0 atom stereocenters. The van der Waals surface area contributed by atoms with E-state index in [1.165, 1.54) is 21.5 Å². The second-order valence-corrected chi connectivity index (χ2v) is 4.81. The van der Waals surface area contributed by atoms with E-state index in [1.54, 1.807) is 0 Å². The molecule has 0 radical (unpaired) electrons. The summed E-state index contributed by atoms with van der Waals surface area (Å²) in [6, 6.07) is 29.3. The number of hydrogen-bond donors (Lipinski definition) is 0. The van der Waals surface area contributed by atoms with Gasteiger partial charge in [0.1, 0.15) is 0 Å². The summed E-state index contributed by atoms with van der Waals surface area (Å²) in [5, 5.41) is 5.32. The molecule has 0 saturated heterocycles. The minimum atomic E-state index is 0. The van der Waals surface area contributed by atoms with Gasteiger partial charge in [0, 0.05) is 0 Å². The zero-order chi connectivity index (χ0) is 14.9. The number of fused-ring (bicyclic) bond motifs is 2. The zero-order valence-electron chi connectivity index (χ0n) is 14.0. The van der Waals surface area contributed by atoms with Gasteiger partial charge in [-0.2, -0.15) is 41.5 Å². The van der Waals surface area contributed by atoms with E-state index in [-0.39, 0.29) is 33.6 Å². The van der Waals surface area contributed by atoms with Crippen LogP contribution in [0.2, 0.25) is 0 Å². The largest absolute Gasteiger partial charge is 4.00 e. The summed E-state index contributed by atoms with van der Waals surface area (Å²) in [5.41, 5.74) is 0. The predicted molar refractivity (Wildman–Crippen MR) is 101 cm³/mol. The van der Waals surface area contributed by atoms with Crippen LogP contribution in [0.15, 0.2) is 84.9 Å². The van der Waals surface area contributed by atoms with E-state index in [9.17, 15) is 0 Å². The Kier molecular flexibility index (Phi) is 11.3. The van der Waals surface area contributed by atoms with E-state index >= 15 is 0 Å². The van der Waals surface area contributed by atoms with E-state index in [1.807, 2.05) is 6.92 Å². The van der Waals surface area contributed by atoms with Gasteiger partial charge >= 0.3 is 26.2 Å². The molecule has 0 saturated carbocycles. The first-order chi connectivity index (χ1) is 10.3. The summed E-state index contributed by atoms with van der Waals surface area (Å²) in [6.45, 7) is 5.50. The van der Waals surface area contributed by atoms with Gasteiger partial charge in [0.25, 0.3) is 0 Å². The van der Waals surface area contributed by atoms with Crippen LogP contribution in [-0.4, -0.2) is 0 Å². The Morgan fingerprint density at radius 1 is 0.739 bits per heavy atom. The first-order valence-electron chi connectivity index (χ1n) is 7.35. The van der Waals surface area contributed by atoms with Crippen molar-refractivity contribution in [1.29, 1.82) is 0 Å². The quantitative estimate of drug-likeness (QED) is 0.295. The maximum absolute atomic E-state index is 3.49. The molecule has 4 aromatic carbocycles. The molecule has 0 spiro atoms. The van der Waals surface area contributed by atoms with Crippen LogP contribution in [0.4, 0.5) is 0 Å². The van der Waals surface area contributed by atoms with E-state index < -0.39 is 0 Å². The van der Waals surface area contributed by atoms with Crippen LogP contribution < -0.4 is 0 Å². The topological polar surface area (TPSA) is 0 Å². The molecule has 1 heteroatoms. The van der Waals surface area contributed by atoms with Gasteiger partial charge in [0.2, 0.25) is 0 Å². The molecule has 0 bridgehead atoms. The summed E-state index contributed by atoms with van der Waals surface area (Å²) in [6.07, 6.45) is 1.00. The summed E-state index contributed by atoms with van der Waals surface area (Å²) in [5.74, 6) is 0. The molecule has 4 rings (SSSR count). The van der Waals surface area contributed by atoms with Crippen molar-refractivity contribution in [2.24, 2.45) is 0 Å². The Labute approximate surface area is 160 Å². The molecular formula is C22H24Zr. The number of rotatable bonds is 0. The second-order valence-electron chi connectivity index (χ2n) is 4.81. The van der Waals surface area contributed by atoms with Gasteiger partial charge in [-0.3, -0.25) is 0 Å². The first-order valence-corrected chi connectivity index (χ1v) is 7.35. The van der Waals surface area contributed by atoms with Crippen LogP contribution in [0.25, 0.3) is 21.5 Å². The minimum absolute atomic E-state index is 0. The molecule has 116 valence electrons. The normalized spacial score (nSPS) is 8.78. The third-order valence-corrected chi connectivity index (χ3v) is 3.10. The van der Waals surface area contributed by atoms with Gasteiger partial charge in [0.15, 0.2) is 0 Å². The monoisotopic (exact) mass is 378 g/mol. The molecule has 0 heterocycles. The Morgan fingerprint density at radius 3 is 1.43 bits per heavy atom. The summed E-state index contributed by atoms with van der Waals surface area (Å²) < 4.78 is 0. The molecule has 0 fully saturated rings. The van der Waals surface area contributed by atoms with E-state index in [2.05, 4.69) is 91.9 Å². The Balaban J connectivity index is 0.000000336. The maximum Gasteiger partial charge on any atom is 4.00 e. The minimum Gasteiger partial charge on any atom is -0.358 e. The molecule has 0 N–H and O–H groups in total. The molecule has 0 aliphatic carbocycles. The van der Waals surface area contributed by atoms with Crippen molar-refractivity contribution in [3.63, 3.8) is 0 Å². The molecule has 0 aliphatic heterocycles. The fourth-order valence-corrected chi connectivity index (χ4v) is 2.14. The zero-order valence-corrected chi connectivity index (χ0v) is 16.5. The molecule has 0 unspecified atom stereocenters. The smallest absolute Gasteiger partial charge is 0.358 e. The van der Waals surface area contributed by atoms with Crippen LogP contribution >= 0.6 is 0 Å². The van der Waals surface area contributed by atoms with Crippen molar-refractivity contribution >= 4 is 21.5 Å². The molecule has 0 aromatic heterocycles. The van der Waals surface area contributed by atoms with Crippen LogP contribution in [0, 0.1) is 14.4 Å². The van der Waals surface area contributed by atoms with E-state index in [0.717, 1.165) is 6.42 Å². The van der Waals surface area contributed by atoms with Crippen molar-refractivity contribution in [2.45, 2.75) is 13.3 Å². The molecule has 23 heavy (non-hydrogen) atoms. The van der Waals surface area contributed by atoms with Gasteiger partial charge in [-0.05, 0) is 0 Å². The first kappa shape index (κ1) is 21.5. The number of benzene rings is 2. The molecular weight excluding hydrogens is 355 g/mol. The van der Waals surface area contributed by atoms with Crippen LogP contribution in [0.1, 0.15) is 13.3 Å². The van der Waals surface area contributed by atoms with Gasteiger partial charge < -0.3 is 14.4 Å². The standard InChI is InChI=1S/2C9H7.C3H7.CH3.Zr/c2*1-2-5-9-7-3-6-8(9)4-1;1-3-2;;/h2*1-7H;1,3H2,2H3;1H3;/q4*-1;+4. The van der Waals surface area contributed by atoms with E-state index in [0.29, 0.717) is 0 Å². The van der Waals surface area contributed by atoms with Gasteiger partial charge in [-0.1, -0.05) is 19.1 Å². The molecule has 0 amide bonds. The van der Waals surface area contributed by atoms with Crippen molar-refractivity contribution in [3.05, 3.63) is 99.3 Å². The average Bonchev–Trinajstić information content (AvgIpc) is 3.17. The Hall–Kier alpha value is -1.46. The third kappa shape index (κ3) is 6.67. The Bertz CT molecular complexity index is 635. The SMILES string of the molecule is [CH2-]CC.[CH3-].[Zr+4].c1ccc2[cH-]ccc2c1.c1ccc2[cH-]ccc2c1. The van der Waals surface area contributed by atoms with Crippen molar-refractivity contribution < 1.29 is 26.2 Å². The number of hydrogen-bond acceptors (Lipinski definition) is 0. The van der Waals surface area contributed by atoms with Gasteiger partial charge in [-0.25, -0.2) is 0 Å². The Morgan fingerprint density at radius 2 is 1.09 bits per heavy atom. The fraction of sp³-hybridized carbons (Fsp3) is 0.0909. The predicted octanol–water partition coefficient (Wildman–Crippen LogP) is 6.80. The molecule has 0 aliphatic rings. The fourth-order valence-electron chi connectivity index (χ4n) is 2.14. The van der Waals surface area contributed by atoms with Crippen molar-refractivity contribution in [3.8, 4) is 0 Å². The molecule has 4 aromatic rings. The van der Waals surface area contributed by atoms with Gasteiger partial charge in [-0.15, -0.1) is 59.3 Å². The van der Waals surface area contributed by atoms with E-state index in [4.69, 9.17) is 0 Å². The average molecular weight is 380 g/mol. The van der Waals surface area contributed by atoms with Crippen LogP contribution in [0.3, 0.4) is 0 Å². The summed E-state index contributed by atoms with van der Waals surface area (Å²) >= 11 is 0. The van der Waals surface area contributed by atoms with Gasteiger partial charge in [0.05, 0.1) is 0 Å². The summed E-state index contributed by atoms with van der Waals surface area (Å²) in [4.78, 5) is 0. The summed E-state index contributed by atoms with van der Waals surface area (Å²) in [7, 11) is 0.